The lowest BCUT2D eigenvalue weighted by Crippen LogP contribution is -2.39. The van der Waals surface area contributed by atoms with Crippen molar-refractivity contribution in [2.75, 3.05) is 6.54 Å². The summed E-state index contributed by atoms with van der Waals surface area (Å²) >= 11 is 0. The number of benzene rings is 1. The van der Waals surface area contributed by atoms with Gasteiger partial charge in [-0.15, -0.1) is 0 Å². The molecule has 2 atom stereocenters. The molecule has 0 saturated heterocycles. The van der Waals surface area contributed by atoms with Crippen LogP contribution in [-0.2, 0) is 0 Å². The summed E-state index contributed by atoms with van der Waals surface area (Å²) in [6.45, 7) is 5.06. The summed E-state index contributed by atoms with van der Waals surface area (Å²) in [4.78, 5) is 0. The van der Waals surface area contributed by atoms with Crippen LogP contribution >= 0.6 is 0 Å². The molecule has 2 rings (SSSR count). The van der Waals surface area contributed by atoms with E-state index in [9.17, 15) is 9.50 Å². The van der Waals surface area contributed by atoms with Crippen molar-refractivity contribution in [1.29, 1.82) is 0 Å². The molecule has 1 aliphatic carbocycles. The molecular formula is C15H22FNO. The van der Waals surface area contributed by atoms with Gasteiger partial charge in [0.15, 0.2) is 0 Å². The van der Waals surface area contributed by atoms with Crippen LogP contribution in [0.1, 0.15) is 44.8 Å². The van der Waals surface area contributed by atoms with Crippen molar-refractivity contribution >= 4 is 0 Å². The van der Waals surface area contributed by atoms with E-state index >= 15 is 0 Å². The Labute approximate surface area is 108 Å². The number of rotatable bonds is 4. The third kappa shape index (κ3) is 3.09. The van der Waals surface area contributed by atoms with Gasteiger partial charge >= 0.3 is 0 Å². The Hall–Kier alpha value is -0.930. The van der Waals surface area contributed by atoms with Crippen LogP contribution in [0.5, 0.6) is 0 Å². The van der Waals surface area contributed by atoms with Gasteiger partial charge in [-0.05, 0) is 36.0 Å². The quantitative estimate of drug-likeness (QED) is 0.862. The maximum absolute atomic E-state index is 12.8. The van der Waals surface area contributed by atoms with Gasteiger partial charge in [-0.3, -0.25) is 0 Å². The van der Waals surface area contributed by atoms with Crippen molar-refractivity contribution < 1.29 is 9.50 Å². The molecule has 1 saturated carbocycles. The Morgan fingerprint density at radius 2 is 2.06 bits per heavy atom. The van der Waals surface area contributed by atoms with Crippen molar-refractivity contribution in [2.45, 2.75) is 45.3 Å². The van der Waals surface area contributed by atoms with Crippen LogP contribution < -0.4 is 5.32 Å². The van der Waals surface area contributed by atoms with E-state index in [4.69, 9.17) is 0 Å². The van der Waals surface area contributed by atoms with E-state index in [2.05, 4.69) is 19.2 Å². The lowest BCUT2D eigenvalue weighted by atomic mass is 9.87. The molecule has 1 fully saturated rings. The monoisotopic (exact) mass is 251 g/mol. The van der Waals surface area contributed by atoms with Gasteiger partial charge in [0, 0.05) is 12.6 Å². The molecule has 100 valence electrons. The Kier molecular flexibility index (Phi) is 4.03. The second-order valence-electron chi connectivity index (χ2n) is 5.91. The van der Waals surface area contributed by atoms with E-state index in [0.29, 0.717) is 18.0 Å². The van der Waals surface area contributed by atoms with Crippen LogP contribution in [0.15, 0.2) is 24.3 Å². The second-order valence-corrected chi connectivity index (χ2v) is 5.91. The van der Waals surface area contributed by atoms with Gasteiger partial charge in [-0.2, -0.15) is 0 Å². The van der Waals surface area contributed by atoms with Gasteiger partial charge in [0.1, 0.15) is 5.82 Å². The Morgan fingerprint density at radius 3 is 2.61 bits per heavy atom. The summed E-state index contributed by atoms with van der Waals surface area (Å²) in [5, 5.41) is 13.5. The van der Waals surface area contributed by atoms with Crippen molar-refractivity contribution in [1.82, 2.24) is 5.32 Å². The highest BCUT2D eigenvalue weighted by Crippen LogP contribution is 2.37. The van der Waals surface area contributed by atoms with E-state index in [1.807, 2.05) is 0 Å². The number of halogens is 1. The predicted octanol–water partition coefficient (Wildman–Crippen LogP) is 3.03. The first-order valence-corrected chi connectivity index (χ1v) is 6.66. The van der Waals surface area contributed by atoms with E-state index in [1.165, 1.54) is 31.4 Å². The molecule has 18 heavy (non-hydrogen) atoms. The van der Waals surface area contributed by atoms with E-state index < -0.39 is 6.10 Å². The molecule has 1 aromatic rings. The highest BCUT2D eigenvalue weighted by atomic mass is 19.1. The summed E-state index contributed by atoms with van der Waals surface area (Å²) < 4.78 is 12.8. The maximum atomic E-state index is 12.8. The Balaban J connectivity index is 1.88. The fourth-order valence-electron chi connectivity index (χ4n) is 2.76. The zero-order chi connectivity index (χ0) is 13.2. The summed E-state index contributed by atoms with van der Waals surface area (Å²) in [5.41, 5.74) is 1.07. The molecular weight excluding hydrogens is 229 g/mol. The van der Waals surface area contributed by atoms with Gasteiger partial charge in [0.2, 0.25) is 0 Å². The largest absolute Gasteiger partial charge is 0.387 e. The van der Waals surface area contributed by atoms with Gasteiger partial charge in [0.25, 0.3) is 0 Å². The first-order chi connectivity index (χ1) is 8.49. The number of hydrogen-bond donors (Lipinski definition) is 2. The Morgan fingerprint density at radius 1 is 1.39 bits per heavy atom. The van der Waals surface area contributed by atoms with Gasteiger partial charge in [-0.25, -0.2) is 4.39 Å². The van der Waals surface area contributed by atoms with Crippen molar-refractivity contribution in [3.05, 3.63) is 35.6 Å². The second kappa shape index (κ2) is 5.37. The standard InChI is InChI=1S/C15H22FNO/c1-15(2)9-3-4-14(15)17-10-13(18)11-5-7-12(16)8-6-11/h5-8,13-14,17-18H,3-4,9-10H2,1-2H3. The number of aliphatic hydroxyl groups is 1. The van der Waals surface area contributed by atoms with Gasteiger partial charge < -0.3 is 10.4 Å². The summed E-state index contributed by atoms with van der Waals surface area (Å²) in [6, 6.07) is 6.52. The molecule has 0 heterocycles. The summed E-state index contributed by atoms with van der Waals surface area (Å²) in [6.07, 6.45) is 3.08. The lowest BCUT2D eigenvalue weighted by molar-refractivity contribution is 0.158. The van der Waals surface area contributed by atoms with Crippen molar-refractivity contribution in [3.63, 3.8) is 0 Å². The molecule has 2 N–H and O–H groups in total. The van der Waals surface area contributed by atoms with Gasteiger partial charge in [0.05, 0.1) is 6.10 Å². The minimum Gasteiger partial charge on any atom is -0.387 e. The molecule has 0 amide bonds. The first-order valence-electron chi connectivity index (χ1n) is 6.66. The van der Waals surface area contributed by atoms with Crippen LogP contribution in [0.3, 0.4) is 0 Å². The molecule has 0 aliphatic heterocycles. The van der Waals surface area contributed by atoms with Crippen molar-refractivity contribution in [3.8, 4) is 0 Å². The minimum atomic E-state index is -0.568. The molecule has 0 spiro atoms. The molecule has 1 aromatic carbocycles. The SMILES string of the molecule is CC1(C)CCCC1NCC(O)c1ccc(F)cc1. The van der Waals surface area contributed by atoms with E-state index in [0.717, 1.165) is 5.56 Å². The molecule has 0 aromatic heterocycles. The molecule has 0 bridgehead atoms. The fraction of sp³-hybridized carbons (Fsp3) is 0.600. The minimum absolute atomic E-state index is 0.268. The van der Waals surface area contributed by atoms with Crippen LogP contribution in [-0.4, -0.2) is 17.7 Å². The molecule has 3 heteroatoms. The first kappa shape index (κ1) is 13.5. The molecule has 0 radical (unpaired) electrons. The van der Waals surface area contributed by atoms with Crippen LogP contribution in [0.25, 0.3) is 0 Å². The molecule has 2 nitrogen and oxygen atoms in total. The third-order valence-corrected chi connectivity index (χ3v) is 4.07. The zero-order valence-electron chi connectivity index (χ0n) is 11.1. The third-order valence-electron chi connectivity index (χ3n) is 4.07. The normalized spacial score (nSPS) is 24.1. The highest BCUT2D eigenvalue weighted by molar-refractivity contribution is 5.18. The van der Waals surface area contributed by atoms with Crippen molar-refractivity contribution in [2.24, 2.45) is 5.41 Å². The number of nitrogens with one attached hydrogen (secondary N) is 1. The average molecular weight is 251 g/mol. The Bertz CT molecular complexity index is 388. The van der Waals surface area contributed by atoms with E-state index in [1.54, 1.807) is 12.1 Å². The number of hydrogen-bond acceptors (Lipinski definition) is 2. The smallest absolute Gasteiger partial charge is 0.123 e. The topological polar surface area (TPSA) is 32.3 Å². The van der Waals surface area contributed by atoms with Crippen LogP contribution in [0.4, 0.5) is 4.39 Å². The molecule has 1 aliphatic rings. The zero-order valence-corrected chi connectivity index (χ0v) is 11.1. The predicted molar refractivity (Wildman–Crippen MR) is 70.8 cm³/mol. The highest BCUT2D eigenvalue weighted by Gasteiger charge is 2.34. The average Bonchev–Trinajstić information content (AvgIpc) is 2.66. The summed E-state index contributed by atoms with van der Waals surface area (Å²) in [7, 11) is 0. The van der Waals surface area contributed by atoms with Crippen LogP contribution in [0.2, 0.25) is 0 Å². The lowest BCUT2D eigenvalue weighted by Gasteiger charge is -2.29. The number of aliphatic hydroxyl groups excluding tert-OH is 1. The fourth-order valence-corrected chi connectivity index (χ4v) is 2.76. The van der Waals surface area contributed by atoms with E-state index in [-0.39, 0.29) is 5.82 Å². The summed E-state index contributed by atoms with van der Waals surface area (Å²) in [5.74, 6) is -0.268. The van der Waals surface area contributed by atoms with Crippen LogP contribution in [0, 0.1) is 11.2 Å². The van der Waals surface area contributed by atoms with Gasteiger partial charge in [-0.1, -0.05) is 32.4 Å². The maximum Gasteiger partial charge on any atom is 0.123 e. The molecule has 2 unspecified atom stereocenters.